The monoisotopic (exact) mass is 216 g/mol. The van der Waals surface area contributed by atoms with Crippen LogP contribution in [0, 0.1) is 22.7 Å². The summed E-state index contributed by atoms with van der Waals surface area (Å²) in [6.45, 7) is 0. The lowest BCUT2D eigenvalue weighted by Gasteiger charge is -1.94. The van der Waals surface area contributed by atoms with Gasteiger partial charge in [-0.05, 0) is 18.2 Å². The molecule has 0 aliphatic carbocycles. The van der Waals surface area contributed by atoms with Gasteiger partial charge in [0.05, 0.1) is 15.3 Å². The molecule has 0 atom stereocenters. The van der Waals surface area contributed by atoms with Gasteiger partial charge in [-0.25, -0.2) is 0 Å². The first-order valence-corrected chi connectivity index (χ1v) is 5.08. The maximum absolute atomic E-state index is 8.94. The number of rotatable bonds is 0. The van der Waals surface area contributed by atoms with E-state index in [9.17, 15) is 0 Å². The van der Waals surface area contributed by atoms with Crippen molar-refractivity contribution in [2.24, 2.45) is 0 Å². The van der Waals surface area contributed by atoms with Gasteiger partial charge in [-0.15, -0.1) is 24.0 Å². The van der Waals surface area contributed by atoms with Gasteiger partial charge in [0.25, 0.3) is 0 Å². The quantitative estimate of drug-likeness (QED) is 0.688. The molecule has 0 saturated carbocycles. The minimum absolute atomic E-state index is 0.422. The SMILES string of the molecule is N#Cc1ccc2sc(S)cc2c1C#N. The van der Waals surface area contributed by atoms with E-state index in [2.05, 4.69) is 18.7 Å². The predicted molar refractivity (Wildman–Crippen MR) is 58.5 cm³/mol. The topological polar surface area (TPSA) is 47.6 Å². The standard InChI is InChI=1S/C10H4N2S2/c11-4-6-1-2-9-7(8(6)5-12)3-10(13)14-9/h1-3,13H. The average Bonchev–Trinajstić information content (AvgIpc) is 2.56. The van der Waals surface area contributed by atoms with E-state index in [1.165, 1.54) is 11.3 Å². The molecule has 0 aliphatic heterocycles. The van der Waals surface area contributed by atoms with Crippen LogP contribution in [0.1, 0.15) is 11.1 Å². The number of benzene rings is 1. The maximum atomic E-state index is 8.94. The number of thiol groups is 1. The number of fused-ring (bicyclic) bond motifs is 1. The minimum Gasteiger partial charge on any atom is -0.192 e. The van der Waals surface area contributed by atoms with Crippen molar-refractivity contribution in [3.63, 3.8) is 0 Å². The molecule has 4 heteroatoms. The molecule has 0 unspecified atom stereocenters. The molecule has 0 N–H and O–H groups in total. The van der Waals surface area contributed by atoms with Crippen LogP contribution in [0.5, 0.6) is 0 Å². The van der Waals surface area contributed by atoms with E-state index in [-0.39, 0.29) is 0 Å². The van der Waals surface area contributed by atoms with E-state index in [1.807, 2.05) is 18.2 Å². The van der Waals surface area contributed by atoms with Crippen molar-refractivity contribution in [3.8, 4) is 12.1 Å². The van der Waals surface area contributed by atoms with Crippen molar-refractivity contribution in [2.45, 2.75) is 4.21 Å². The second kappa shape index (κ2) is 3.34. The zero-order valence-electron chi connectivity index (χ0n) is 6.98. The Bertz CT molecular complexity index is 584. The van der Waals surface area contributed by atoms with Gasteiger partial charge in [-0.2, -0.15) is 10.5 Å². The molecule has 2 nitrogen and oxygen atoms in total. The number of hydrogen-bond donors (Lipinski definition) is 1. The average molecular weight is 216 g/mol. The minimum atomic E-state index is 0.422. The Morgan fingerprint density at radius 3 is 2.64 bits per heavy atom. The Morgan fingerprint density at radius 1 is 1.21 bits per heavy atom. The molecule has 0 spiro atoms. The molecule has 0 bridgehead atoms. The smallest absolute Gasteiger partial charge is 0.101 e. The summed E-state index contributed by atoms with van der Waals surface area (Å²) in [6.07, 6.45) is 0. The Morgan fingerprint density at radius 2 is 2.00 bits per heavy atom. The van der Waals surface area contributed by atoms with E-state index in [0.29, 0.717) is 11.1 Å². The van der Waals surface area contributed by atoms with Gasteiger partial charge in [-0.3, -0.25) is 0 Å². The van der Waals surface area contributed by atoms with Gasteiger partial charge < -0.3 is 0 Å². The zero-order chi connectivity index (χ0) is 10.1. The molecular weight excluding hydrogens is 212 g/mol. The molecule has 0 aliphatic rings. The van der Waals surface area contributed by atoms with E-state index in [4.69, 9.17) is 10.5 Å². The Labute approximate surface area is 90.4 Å². The third-order valence-electron chi connectivity index (χ3n) is 1.92. The summed E-state index contributed by atoms with van der Waals surface area (Å²) in [5.41, 5.74) is 0.868. The molecule has 0 radical (unpaired) electrons. The number of nitriles is 2. The highest BCUT2D eigenvalue weighted by molar-refractivity contribution is 7.83. The first-order chi connectivity index (χ1) is 6.76. The van der Waals surface area contributed by atoms with Crippen molar-refractivity contribution in [1.82, 2.24) is 0 Å². The van der Waals surface area contributed by atoms with Gasteiger partial charge in [0.1, 0.15) is 12.1 Å². The summed E-state index contributed by atoms with van der Waals surface area (Å²) in [5.74, 6) is 0. The van der Waals surface area contributed by atoms with Gasteiger partial charge in [0.2, 0.25) is 0 Å². The Balaban J connectivity index is 2.93. The summed E-state index contributed by atoms with van der Waals surface area (Å²) >= 11 is 5.72. The molecule has 0 saturated heterocycles. The highest BCUT2D eigenvalue weighted by Crippen LogP contribution is 2.31. The summed E-state index contributed by atoms with van der Waals surface area (Å²) < 4.78 is 1.84. The van der Waals surface area contributed by atoms with Crippen LogP contribution in [-0.4, -0.2) is 0 Å². The van der Waals surface area contributed by atoms with E-state index < -0.39 is 0 Å². The van der Waals surface area contributed by atoms with Gasteiger partial charge in [0.15, 0.2) is 0 Å². The second-order valence-corrected chi connectivity index (χ2v) is 4.58. The zero-order valence-corrected chi connectivity index (χ0v) is 8.69. The molecule has 2 aromatic rings. The van der Waals surface area contributed by atoms with Gasteiger partial charge in [-0.1, -0.05) is 0 Å². The molecular formula is C10H4N2S2. The number of thiophene rings is 1. The lowest BCUT2D eigenvalue weighted by atomic mass is 10.1. The number of nitrogens with zero attached hydrogens (tertiary/aromatic N) is 2. The summed E-state index contributed by atoms with van der Waals surface area (Å²) in [6, 6.07) is 9.40. The van der Waals surface area contributed by atoms with Crippen LogP contribution in [0.3, 0.4) is 0 Å². The molecule has 0 amide bonds. The van der Waals surface area contributed by atoms with Crippen molar-refractivity contribution < 1.29 is 0 Å². The van der Waals surface area contributed by atoms with Crippen LogP contribution in [-0.2, 0) is 0 Å². The van der Waals surface area contributed by atoms with Gasteiger partial charge in [0, 0.05) is 10.1 Å². The highest BCUT2D eigenvalue weighted by atomic mass is 32.2. The van der Waals surface area contributed by atoms with Crippen molar-refractivity contribution >= 4 is 34.1 Å². The molecule has 1 heterocycles. The number of hydrogen-bond acceptors (Lipinski definition) is 4. The second-order valence-electron chi connectivity index (χ2n) is 2.71. The fourth-order valence-electron chi connectivity index (χ4n) is 1.31. The van der Waals surface area contributed by atoms with Crippen molar-refractivity contribution in [3.05, 3.63) is 29.3 Å². The summed E-state index contributed by atoms with van der Waals surface area (Å²) in [4.78, 5) is 0. The fourth-order valence-corrected chi connectivity index (χ4v) is 2.55. The highest BCUT2D eigenvalue weighted by Gasteiger charge is 2.08. The molecule has 14 heavy (non-hydrogen) atoms. The first-order valence-electron chi connectivity index (χ1n) is 3.82. The first kappa shape index (κ1) is 9.08. The summed E-state index contributed by atoms with van der Waals surface area (Å²) in [7, 11) is 0. The predicted octanol–water partition coefficient (Wildman–Crippen LogP) is 2.93. The van der Waals surface area contributed by atoms with Crippen LogP contribution in [0.15, 0.2) is 22.4 Å². The normalized spacial score (nSPS) is 9.64. The third kappa shape index (κ3) is 1.26. The molecule has 2 rings (SSSR count). The van der Waals surface area contributed by atoms with Crippen LogP contribution >= 0.6 is 24.0 Å². The Kier molecular flexibility index (Phi) is 2.17. The largest absolute Gasteiger partial charge is 0.192 e. The van der Waals surface area contributed by atoms with Crippen molar-refractivity contribution in [2.75, 3.05) is 0 Å². The lowest BCUT2D eigenvalue weighted by molar-refractivity contribution is 1.45. The third-order valence-corrected chi connectivity index (χ3v) is 3.23. The molecule has 66 valence electrons. The van der Waals surface area contributed by atoms with E-state index in [1.54, 1.807) is 6.07 Å². The van der Waals surface area contributed by atoms with Crippen molar-refractivity contribution in [1.29, 1.82) is 10.5 Å². The van der Waals surface area contributed by atoms with E-state index >= 15 is 0 Å². The lowest BCUT2D eigenvalue weighted by Crippen LogP contribution is -1.82. The van der Waals surface area contributed by atoms with Crippen LogP contribution < -0.4 is 0 Å². The molecule has 1 aromatic carbocycles. The summed E-state index contributed by atoms with van der Waals surface area (Å²) in [5, 5.41) is 18.6. The van der Waals surface area contributed by atoms with Crippen LogP contribution in [0.4, 0.5) is 0 Å². The van der Waals surface area contributed by atoms with Crippen LogP contribution in [0.2, 0.25) is 0 Å². The molecule has 0 fully saturated rings. The maximum Gasteiger partial charge on any atom is 0.101 e. The fraction of sp³-hybridized carbons (Fsp3) is 0. The Hall–Kier alpha value is -1.49. The van der Waals surface area contributed by atoms with Gasteiger partial charge >= 0.3 is 0 Å². The molecule has 1 aromatic heterocycles. The van der Waals surface area contributed by atoms with Crippen LogP contribution in [0.25, 0.3) is 10.1 Å². The van der Waals surface area contributed by atoms with E-state index in [0.717, 1.165) is 14.3 Å².